The molecule has 2 aromatic carbocycles. The fourth-order valence-electron chi connectivity index (χ4n) is 2.21. The molecule has 1 atom stereocenters. The lowest BCUT2D eigenvalue weighted by atomic mass is 9.97. The van der Waals surface area contributed by atoms with Gasteiger partial charge in [0.15, 0.2) is 0 Å². The Labute approximate surface area is 149 Å². The highest BCUT2D eigenvalue weighted by Gasteiger charge is 2.20. The van der Waals surface area contributed by atoms with E-state index in [-0.39, 0.29) is 11.9 Å². The summed E-state index contributed by atoms with van der Waals surface area (Å²) in [4.78, 5) is 0. The van der Waals surface area contributed by atoms with E-state index >= 15 is 0 Å². The quantitative estimate of drug-likeness (QED) is 0.557. The van der Waals surface area contributed by atoms with Crippen LogP contribution in [0.25, 0.3) is 0 Å². The van der Waals surface area contributed by atoms with E-state index in [1.165, 1.54) is 6.07 Å². The van der Waals surface area contributed by atoms with Crippen molar-refractivity contribution in [3.8, 4) is 0 Å². The third kappa shape index (κ3) is 3.95. The molecule has 0 radical (unpaired) electrons. The van der Waals surface area contributed by atoms with Crippen LogP contribution in [0, 0.1) is 12.7 Å². The SMILES string of the molecule is CCNC(c1cc(F)ccc1Br)c1cc(Br)c(C)cc1Br. The van der Waals surface area contributed by atoms with Gasteiger partial charge in [0.25, 0.3) is 0 Å². The number of hydrogen-bond donors (Lipinski definition) is 1. The van der Waals surface area contributed by atoms with Crippen molar-refractivity contribution < 1.29 is 4.39 Å². The van der Waals surface area contributed by atoms with E-state index in [1.54, 1.807) is 12.1 Å². The molecule has 0 spiro atoms. The predicted octanol–water partition coefficient (Wildman–Crippen LogP) is 6.12. The summed E-state index contributed by atoms with van der Waals surface area (Å²) in [6, 6.07) is 8.81. The molecule has 2 aromatic rings. The second kappa shape index (κ2) is 7.36. The summed E-state index contributed by atoms with van der Waals surface area (Å²) < 4.78 is 16.6. The van der Waals surface area contributed by atoms with Gasteiger partial charge in [0.05, 0.1) is 6.04 Å². The first-order valence-corrected chi connectivity index (χ1v) is 8.95. The third-order valence-electron chi connectivity index (χ3n) is 3.27. The minimum atomic E-state index is -0.238. The van der Waals surface area contributed by atoms with Gasteiger partial charge in [-0.05, 0) is 60.5 Å². The Morgan fingerprint density at radius 3 is 2.33 bits per heavy atom. The Kier molecular flexibility index (Phi) is 6.00. The second-order valence-electron chi connectivity index (χ2n) is 4.78. The second-order valence-corrected chi connectivity index (χ2v) is 7.34. The zero-order valence-corrected chi connectivity index (χ0v) is 16.4. The molecule has 1 N–H and O–H groups in total. The predicted molar refractivity (Wildman–Crippen MR) is 96.2 cm³/mol. The number of hydrogen-bond acceptors (Lipinski definition) is 1. The molecule has 0 heterocycles. The average Bonchev–Trinajstić information content (AvgIpc) is 2.43. The van der Waals surface area contributed by atoms with Gasteiger partial charge in [0.1, 0.15) is 5.82 Å². The Morgan fingerprint density at radius 1 is 1.00 bits per heavy atom. The van der Waals surface area contributed by atoms with Gasteiger partial charge < -0.3 is 5.32 Å². The molecule has 0 aliphatic carbocycles. The highest BCUT2D eigenvalue weighted by atomic mass is 79.9. The zero-order valence-electron chi connectivity index (χ0n) is 11.7. The molecule has 0 amide bonds. The van der Waals surface area contributed by atoms with Crippen LogP contribution < -0.4 is 5.32 Å². The first kappa shape index (κ1) is 17.1. The number of halogens is 4. The first-order valence-electron chi connectivity index (χ1n) is 6.58. The molecule has 0 saturated heterocycles. The maximum absolute atomic E-state index is 13.6. The molecule has 0 aliphatic rings. The standard InChI is InChI=1S/C16H15Br3FN/c1-3-21-16(11-7-10(20)4-5-13(11)17)12-8-14(18)9(2)6-15(12)19/h4-8,16,21H,3H2,1-2H3. The topological polar surface area (TPSA) is 12.0 Å². The summed E-state index contributed by atoms with van der Waals surface area (Å²) in [5.74, 6) is -0.238. The average molecular weight is 480 g/mol. The Hall–Kier alpha value is -0.230. The monoisotopic (exact) mass is 477 g/mol. The van der Waals surface area contributed by atoms with Crippen molar-refractivity contribution in [2.75, 3.05) is 6.54 Å². The molecular formula is C16H15Br3FN. The lowest BCUT2D eigenvalue weighted by molar-refractivity contribution is 0.600. The molecule has 2 rings (SSSR count). The minimum absolute atomic E-state index is 0.0913. The van der Waals surface area contributed by atoms with E-state index in [9.17, 15) is 4.39 Å². The molecule has 5 heteroatoms. The van der Waals surface area contributed by atoms with Gasteiger partial charge in [-0.3, -0.25) is 0 Å². The summed E-state index contributed by atoms with van der Waals surface area (Å²) >= 11 is 10.7. The summed E-state index contributed by atoms with van der Waals surface area (Å²) in [5, 5.41) is 3.42. The van der Waals surface area contributed by atoms with Crippen LogP contribution in [0.2, 0.25) is 0 Å². The Morgan fingerprint density at radius 2 is 1.67 bits per heavy atom. The van der Waals surface area contributed by atoms with Crippen molar-refractivity contribution in [2.24, 2.45) is 0 Å². The van der Waals surface area contributed by atoms with Crippen LogP contribution in [0.4, 0.5) is 4.39 Å². The van der Waals surface area contributed by atoms with Crippen molar-refractivity contribution >= 4 is 47.8 Å². The van der Waals surface area contributed by atoms with Gasteiger partial charge >= 0.3 is 0 Å². The highest BCUT2D eigenvalue weighted by molar-refractivity contribution is 9.11. The Balaban J connectivity index is 2.58. The van der Waals surface area contributed by atoms with E-state index in [4.69, 9.17) is 0 Å². The number of nitrogens with one attached hydrogen (secondary N) is 1. The van der Waals surface area contributed by atoms with Crippen LogP contribution in [-0.4, -0.2) is 6.54 Å². The van der Waals surface area contributed by atoms with E-state index in [2.05, 4.69) is 65.2 Å². The lowest BCUT2D eigenvalue weighted by Gasteiger charge is -2.22. The third-order valence-corrected chi connectivity index (χ3v) is 5.53. The molecular weight excluding hydrogens is 465 g/mol. The van der Waals surface area contributed by atoms with Crippen molar-refractivity contribution in [2.45, 2.75) is 19.9 Å². The summed E-state index contributed by atoms with van der Waals surface area (Å²) in [7, 11) is 0. The summed E-state index contributed by atoms with van der Waals surface area (Å²) in [6.07, 6.45) is 0. The van der Waals surface area contributed by atoms with Crippen LogP contribution in [0.1, 0.15) is 29.7 Å². The molecule has 0 aromatic heterocycles. The molecule has 21 heavy (non-hydrogen) atoms. The zero-order chi connectivity index (χ0) is 15.6. The van der Waals surface area contributed by atoms with Gasteiger partial charge in [0.2, 0.25) is 0 Å². The fraction of sp³-hybridized carbons (Fsp3) is 0.250. The molecule has 0 bridgehead atoms. The van der Waals surface area contributed by atoms with Crippen LogP contribution in [0.5, 0.6) is 0 Å². The first-order chi connectivity index (χ1) is 9.93. The van der Waals surface area contributed by atoms with E-state index in [0.717, 1.165) is 36.7 Å². The van der Waals surface area contributed by atoms with Crippen LogP contribution in [-0.2, 0) is 0 Å². The number of benzene rings is 2. The largest absolute Gasteiger partial charge is 0.306 e. The fourth-order valence-corrected chi connectivity index (χ4v) is 3.73. The molecule has 0 aliphatic heterocycles. The summed E-state index contributed by atoms with van der Waals surface area (Å²) in [6.45, 7) is 4.86. The minimum Gasteiger partial charge on any atom is -0.306 e. The maximum atomic E-state index is 13.6. The lowest BCUT2D eigenvalue weighted by Crippen LogP contribution is -2.23. The van der Waals surface area contributed by atoms with Gasteiger partial charge in [-0.15, -0.1) is 0 Å². The number of rotatable bonds is 4. The Bertz CT molecular complexity index is 658. The van der Waals surface area contributed by atoms with Crippen molar-refractivity contribution in [1.29, 1.82) is 0 Å². The molecule has 0 fully saturated rings. The molecule has 112 valence electrons. The highest BCUT2D eigenvalue weighted by Crippen LogP contribution is 2.35. The molecule has 0 saturated carbocycles. The van der Waals surface area contributed by atoms with Crippen LogP contribution in [0.15, 0.2) is 43.7 Å². The smallest absolute Gasteiger partial charge is 0.123 e. The van der Waals surface area contributed by atoms with Crippen molar-refractivity contribution in [1.82, 2.24) is 5.32 Å². The summed E-state index contributed by atoms with van der Waals surface area (Å²) in [5.41, 5.74) is 3.10. The van der Waals surface area contributed by atoms with Gasteiger partial charge in [-0.25, -0.2) is 4.39 Å². The normalized spacial score (nSPS) is 12.5. The van der Waals surface area contributed by atoms with Crippen LogP contribution >= 0.6 is 47.8 Å². The van der Waals surface area contributed by atoms with E-state index in [0.29, 0.717) is 0 Å². The van der Waals surface area contributed by atoms with E-state index < -0.39 is 0 Å². The van der Waals surface area contributed by atoms with Gasteiger partial charge in [-0.2, -0.15) is 0 Å². The molecule has 1 unspecified atom stereocenters. The van der Waals surface area contributed by atoms with Crippen molar-refractivity contribution in [3.63, 3.8) is 0 Å². The van der Waals surface area contributed by atoms with Crippen LogP contribution in [0.3, 0.4) is 0 Å². The molecule has 1 nitrogen and oxygen atoms in total. The van der Waals surface area contributed by atoms with E-state index in [1.807, 2.05) is 13.8 Å². The van der Waals surface area contributed by atoms with Gasteiger partial charge in [-0.1, -0.05) is 54.7 Å². The van der Waals surface area contributed by atoms with Crippen molar-refractivity contribution in [3.05, 3.63) is 66.3 Å². The maximum Gasteiger partial charge on any atom is 0.123 e. The van der Waals surface area contributed by atoms with Gasteiger partial charge in [0, 0.05) is 13.4 Å². The number of aryl methyl sites for hydroxylation is 1.